The van der Waals surface area contributed by atoms with Gasteiger partial charge in [-0.25, -0.2) is 4.79 Å². The number of carboxylic acid groups (broad SMARTS) is 3. The first-order chi connectivity index (χ1) is 17.8. The van der Waals surface area contributed by atoms with Crippen molar-refractivity contribution in [3.8, 4) is 0 Å². The molecule has 0 aliphatic carbocycles. The molecule has 4 amide bonds. The number of benzene rings is 1. The van der Waals surface area contributed by atoms with Crippen LogP contribution in [0.5, 0.6) is 0 Å². The Balaban J connectivity index is 3.00. The maximum atomic E-state index is 12.9. The summed E-state index contributed by atoms with van der Waals surface area (Å²) in [5, 5.41) is 33.9. The minimum Gasteiger partial charge on any atom is -0.481 e. The van der Waals surface area contributed by atoms with Crippen molar-refractivity contribution in [1.29, 1.82) is 0 Å². The van der Waals surface area contributed by atoms with Gasteiger partial charge in [-0.3, -0.25) is 28.8 Å². The van der Waals surface area contributed by atoms with Crippen LogP contribution < -0.4 is 27.4 Å². The van der Waals surface area contributed by atoms with Gasteiger partial charge in [0.15, 0.2) is 0 Å². The van der Waals surface area contributed by atoms with Crippen LogP contribution in [-0.4, -0.2) is 81.0 Å². The Labute approximate surface area is 216 Å². The van der Waals surface area contributed by atoms with E-state index >= 15 is 0 Å². The van der Waals surface area contributed by atoms with Gasteiger partial charge >= 0.3 is 17.9 Å². The van der Waals surface area contributed by atoms with Gasteiger partial charge in [0.25, 0.3) is 0 Å². The molecule has 0 bridgehead atoms. The van der Waals surface area contributed by atoms with Crippen molar-refractivity contribution in [3.63, 3.8) is 0 Å². The van der Waals surface area contributed by atoms with Crippen molar-refractivity contribution in [2.24, 2.45) is 11.5 Å². The largest absolute Gasteiger partial charge is 0.481 e. The molecular formula is C23H31N5O10. The molecule has 1 aromatic rings. The van der Waals surface area contributed by atoms with Crippen LogP contribution >= 0.6 is 0 Å². The summed E-state index contributed by atoms with van der Waals surface area (Å²) >= 11 is 0. The summed E-state index contributed by atoms with van der Waals surface area (Å²) in [5.74, 6) is -8.21. The molecule has 0 aromatic heterocycles. The number of carboxylic acids is 3. The Hall–Kier alpha value is -4.53. The molecule has 1 rings (SSSR count). The van der Waals surface area contributed by atoms with E-state index in [4.69, 9.17) is 16.6 Å². The molecule has 0 aliphatic heterocycles. The average molecular weight is 538 g/mol. The molecule has 0 saturated carbocycles. The minimum absolute atomic E-state index is 0.0829. The third-order valence-corrected chi connectivity index (χ3v) is 5.22. The second kappa shape index (κ2) is 15.6. The normalized spacial score (nSPS) is 13.7. The van der Waals surface area contributed by atoms with Crippen molar-refractivity contribution in [2.45, 2.75) is 62.7 Å². The van der Waals surface area contributed by atoms with E-state index in [0.717, 1.165) is 0 Å². The van der Waals surface area contributed by atoms with Crippen LogP contribution in [0.2, 0.25) is 0 Å². The van der Waals surface area contributed by atoms with E-state index in [-0.39, 0.29) is 19.3 Å². The molecule has 0 radical (unpaired) electrons. The van der Waals surface area contributed by atoms with E-state index in [9.17, 15) is 43.8 Å². The molecule has 15 heteroatoms. The maximum Gasteiger partial charge on any atom is 0.326 e. The monoisotopic (exact) mass is 537 g/mol. The lowest BCUT2D eigenvalue weighted by atomic mass is 10.0. The fourth-order valence-corrected chi connectivity index (χ4v) is 3.25. The summed E-state index contributed by atoms with van der Waals surface area (Å²) in [6.45, 7) is 0. The van der Waals surface area contributed by atoms with Crippen LogP contribution in [0, 0.1) is 0 Å². The van der Waals surface area contributed by atoms with Gasteiger partial charge < -0.3 is 42.7 Å². The smallest absolute Gasteiger partial charge is 0.326 e. The Morgan fingerprint density at radius 3 is 1.76 bits per heavy atom. The molecule has 208 valence electrons. The highest BCUT2D eigenvalue weighted by molar-refractivity contribution is 5.95. The summed E-state index contributed by atoms with van der Waals surface area (Å²) in [6.07, 6.45) is -2.66. The first-order valence-electron chi connectivity index (χ1n) is 11.5. The van der Waals surface area contributed by atoms with Gasteiger partial charge in [-0.15, -0.1) is 0 Å². The second-order valence-electron chi connectivity index (χ2n) is 8.35. The third kappa shape index (κ3) is 11.9. The highest BCUT2D eigenvalue weighted by atomic mass is 16.4. The molecule has 0 aliphatic rings. The Bertz CT molecular complexity index is 1030. The van der Waals surface area contributed by atoms with Crippen molar-refractivity contribution < 1.29 is 48.9 Å². The number of nitrogens with two attached hydrogens (primary N) is 2. The van der Waals surface area contributed by atoms with Crippen LogP contribution in [-0.2, 0) is 40.0 Å². The van der Waals surface area contributed by atoms with E-state index in [1.807, 2.05) is 0 Å². The van der Waals surface area contributed by atoms with E-state index in [1.165, 1.54) is 0 Å². The van der Waals surface area contributed by atoms with Crippen LogP contribution in [0.3, 0.4) is 0 Å². The van der Waals surface area contributed by atoms with E-state index < -0.39 is 85.0 Å². The number of aliphatic carboxylic acids is 3. The fourth-order valence-electron chi connectivity index (χ4n) is 3.25. The molecule has 10 N–H and O–H groups in total. The van der Waals surface area contributed by atoms with Crippen molar-refractivity contribution in [3.05, 3.63) is 35.9 Å². The zero-order valence-electron chi connectivity index (χ0n) is 20.3. The fraction of sp³-hybridized carbons (Fsp3) is 0.435. The van der Waals surface area contributed by atoms with Crippen molar-refractivity contribution in [2.75, 3.05) is 0 Å². The van der Waals surface area contributed by atoms with E-state index in [0.29, 0.717) is 5.56 Å². The molecule has 38 heavy (non-hydrogen) atoms. The van der Waals surface area contributed by atoms with Gasteiger partial charge in [-0.1, -0.05) is 30.3 Å². The van der Waals surface area contributed by atoms with Crippen molar-refractivity contribution >= 4 is 41.5 Å². The molecule has 4 unspecified atom stereocenters. The van der Waals surface area contributed by atoms with E-state index in [2.05, 4.69) is 16.0 Å². The predicted molar refractivity (Wildman–Crippen MR) is 129 cm³/mol. The Kier molecular flexibility index (Phi) is 12.9. The number of carbonyl (C=O) groups is 7. The first kappa shape index (κ1) is 31.5. The first-order valence-corrected chi connectivity index (χ1v) is 11.5. The molecule has 0 saturated heterocycles. The Morgan fingerprint density at radius 1 is 0.711 bits per heavy atom. The van der Waals surface area contributed by atoms with Gasteiger partial charge in [-0.2, -0.15) is 0 Å². The lowest BCUT2D eigenvalue weighted by Gasteiger charge is -2.24. The lowest BCUT2D eigenvalue weighted by Crippen LogP contribution is -2.57. The molecule has 0 heterocycles. The number of primary amides is 1. The van der Waals surface area contributed by atoms with Gasteiger partial charge in [0.05, 0.1) is 12.5 Å². The molecule has 0 fully saturated rings. The highest BCUT2D eigenvalue weighted by Crippen LogP contribution is 2.06. The maximum absolute atomic E-state index is 12.9. The third-order valence-electron chi connectivity index (χ3n) is 5.22. The number of hydrogen-bond donors (Lipinski definition) is 8. The van der Waals surface area contributed by atoms with Crippen LogP contribution in [0.15, 0.2) is 30.3 Å². The summed E-state index contributed by atoms with van der Waals surface area (Å²) < 4.78 is 0. The van der Waals surface area contributed by atoms with Gasteiger partial charge in [0.2, 0.25) is 23.6 Å². The summed E-state index contributed by atoms with van der Waals surface area (Å²) in [4.78, 5) is 82.9. The van der Waals surface area contributed by atoms with Gasteiger partial charge in [-0.05, 0) is 24.8 Å². The zero-order chi connectivity index (χ0) is 28.8. The number of carbonyl (C=O) groups excluding carboxylic acids is 4. The standard InChI is InChI=1S/C23H31N5O10/c24-13(10-12-4-2-1-3-5-12)20(34)28-16(11-19(32)33)22(36)26-14(7-9-18(30)31)21(35)27-15(23(37)38)6-8-17(25)29/h1-5,13-16H,6-11,24H2,(H2,25,29)(H,26,36)(H,27,35)(H,28,34)(H,30,31)(H,32,33)(H,37,38). The molecular weight excluding hydrogens is 506 g/mol. The number of rotatable bonds is 17. The Morgan fingerprint density at radius 2 is 1.24 bits per heavy atom. The summed E-state index contributed by atoms with van der Waals surface area (Å²) in [6, 6.07) is 2.63. The topological polar surface area (TPSA) is 268 Å². The minimum atomic E-state index is -1.69. The van der Waals surface area contributed by atoms with Gasteiger partial charge in [0.1, 0.15) is 18.1 Å². The van der Waals surface area contributed by atoms with Crippen LogP contribution in [0.1, 0.15) is 37.7 Å². The second-order valence-corrected chi connectivity index (χ2v) is 8.35. The molecule has 0 spiro atoms. The highest BCUT2D eigenvalue weighted by Gasteiger charge is 2.31. The average Bonchev–Trinajstić information content (AvgIpc) is 2.83. The summed E-state index contributed by atoms with van der Waals surface area (Å²) in [7, 11) is 0. The molecule has 4 atom stereocenters. The number of nitrogens with one attached hydrogen (secondary N) is 3. The quantitative estimate of drug-likeness (QED) is 0.105. The number of amides is 4. The summed E-state index contributed by atoms with van der Waals surface area (Å²) in [5.41, 5.74) is 11.6. The lowest BCUT2D eigenvalue weighted by molar-refractivity contribution is -0.144. The molecule has 15 nitrogen and oxygen atoms in total. The van der Waals surface area contributed by atoms with Crippen molar-refractivity contribution in [1.82, 2.24) is 16.0 Å². The van der Waals surface area contributed by atoms with E-state index in [1.54, 1.807) is 30.3 Å². The number of hydrogen-bond acceptors (Lipinski definition) is 8. The predicted octanol–water partition coefficient (Wildman–Crippen LogP) is -2.30. The van der Waals surface area contributed by atoms with Crippen LogP contribution in [0.25, 0.3) is 0 Å². The molecule has 1 aromatic carbocycles. The van der Waals surface area contributed by atoms with Crippen LogP contribution in [0.4, 0.5) is 0 Å². The van der Waals surface area contributed by atoms with Gasteiger partial charge in [0, 0.05) is 12.8 Å². The zero-order valence-corrected chi connectivity index (χ0v) is 20.3. The SMILES string of the molecule is NC(=O)CCC(NC(=O)C(CCC(=O)O)NC(=O)C(CC(=O)O)NC(=O)C(N)Cc1ccccc1)C(=O)O.